The Balaban J connectivity index is 1.86. The van der Waals surface area contributed by atoms with Gasteiger partial charge in [0.1, 0.15) is 18.1 Å². The summed E-state index contributed by atoms with van der Waals surface area (Å²) in [7, 11) is 6.61. The Kier molecular flexibility index (Phi) is 8.20. The maximum absolute atomic E-state index is 6.16. The van der Waals surface area contributed by atoms with Gasteiger partial charge in [-0.2, -0.15) is 0 Å². The molecule has 0 radical (unpaired) electrons. The third-order valence-electron chi connectivity index (χ3n) is 5.31. The molecule has 0 spiro atoms. The number of hydrogen-bond donors (Lipinski definition) is 1. The van der Waals surface area contributed by atoms with Crippen LogP contribution in [-0.2, 0) is 11.2 Å². The van der Waals surface area contributed by atoms with Gasteiger partial charge in [-0.3, -0.25) is 0 Å². The highest BCUT2D eigenvalue weighted by atomic mass is 32.1. The van der Waals surface area contributed by atoms with Crippen molar-refractivity contribution in [2.45, 2.75) is 12.5 Å². The first kappa shape index (κ1) is 23.0. The average molecular weight is 447 g/mol. The molecule has 0 fully saturated rings. The summed E-state index contributed by atoms with van der Waals surface area (Å²) in [5, 5.41) is 3.96. The van der Waals surface area contributed by atoms with Gasteiger partial charge in [0.2, 0.25) is 0 Å². The second-order valence-electron chi connectivity index (χ2n) is 7.08. The van der Waals surface area contributed by atoms with Crippen LogP contribution in [-0.4, -0.2) is 64.8 Å². The van der Waals surface area contributed by atoms with E-state index in [2.05, 4.69) is 10.2 Å². The van der Waals surface area contributed by atoms with Crippen LogP contribution in [0.3, 0.4) is 0 Å². The quantitative estimate of drug-likeness (QED) is 0.466. The first-order valence-corrected chi connectivity index (χ1v) is 10.6. The molecule has 2 aromatic carbocycles. The van der Waals surface area contributed by atoms with Gasteiger partial charge in [0, 0.05) is 20.2 Å². The minimum absolute atomic E-state index is 0.0757. The molecule has 168 valence electrons. The Morgan fingerprint density at radius 1 is 1.00 bits per heavy atom. The average Bonchev–Trinajstić information content (AvgIpc) is 2.81. The van der Waals surface area contributed by atoms with Crippen molar-refractivity contribution in [2.24, 2.45) is 0 Å². The summed E-state index contributed by atoms with van der Waals surface area (Å²) in [5.74, 6) is 2.98. The van der Waals surface area contributed by atoms with E-state index >= 15 is 0 Å². The summed E-state index contributed by atoms with van der Waals surface area (Å²) in [4.78, 5) is 2.17. The highest BCUT2D eigenvalue weighted by molar-refractivity contribution is 7.80. The summed E-state index contributed by atoms with van der Waals surface area (Å²) in [6.07, 6.45) is 0.848. The molecule has 0 aromatic heterocycles. The lowest BCUT2D eigenvalue weighted by Crippen LogP contribution is -2.47. The van der Waals surface area contributed by atoms with Gasteiger partial charge in [-0.25, -0.2) is 0 Å². The zero-order valence-corrected chi connectivity index (χ0v) is 19.3. The Morgan fingerprint density at radius 3 is 2.32 bits per heavy atom. The minimum atomic E-state index is -0.0757. The van der Waals surface area contributed by atoms with Crippen LogP contribution in [0, 0.1) is 0 Å². The lowest BCUT2D eigenvalue weighted by atomic mass is 9.92. The van der Waals surface area contributed by atoms with Crippen LogP contribution < -0.4 is 24.3 Å². The van der Waals surface area contributed by atoms with E-state index in [1.807, 2.05) is 36.4 Å². The molecule has 0 saturated carbocycles. The van der Waals surface area contributed by atoms with Crippen molar-refractivity contribution in [3.05, 3.63) is 47.5 Å². The van der Waals surface area contributed by atoms with E-state index < -0.39 is 0 Å². The van der Waals surface area contributed by atoms with E-state index in [9.17, 15) is 0 Å². The number of nitrogens with one attached hydrogen (secondary N) is 1. The summed E-state index contributed by atoms with van der Waals surface area (Å²) in [6.45, 7) is 2.44. The summed E-state index contributed by atoms with van der Waals surface area (Å²) in [6, 6.07) is 11.6. The van der Waals surface area contributed by atoms with Crippen LogP contribution in [0.2, 0.25) is 0 Å². The standard InChI is InChI=1S/C23H30N2O5S/c1-26-12-10-24-23(31)25-11-9-16-13-21(28-3)22(29-4)14-19(16)20(25)15-30-18-7-5-17(27-2)6-8-18/h5-8,13-14,20H,9-12,15H2,1-4H3,(H,24,31). The van der Waals surface area contributed by atoms with Crippen molar-refractivity contribution in [3.8, 4) is 23.0 Å². The first-order valence-electron chi connectivity index (χ1n) is 10.2. The van der Waals surface area contributed by atoms with Gasteiger partial charge in [0.05, 0.1) is 34.0 Å². The number of methoxy groups -OCH3 is 4. The Hall–Kier alpha value is -2.71. The lowest BCUT2D eigenvalue weighted by Gasteiger charge is -2.39. The molecule has 1 aliphatic rings. The SMILES string of the molecule is COCCNC(=S)N1CCc2cc(OC)c(OC)cc2C1COc1ccc(OC)cc1. The zero-order valence-electron chi connectivity index (χ0n) is 18.5. The van der Waals surface area contributed by atoms with E-state index in [1.165, 1.54) is 5.56 Å². The molecule has 0 amide bonds. The molecule has 0 aliphatic carbocycles. The number of nitrogens with zero attached hydrogens (tertiary/aromatic N) is 1. The highest BCUT2D eigenvalue weighted by Crippen LogP contribution is 2.38. The fourth-order valence-corrected chi connectivity index (χ4v) is 3.98. The number of thiocarbonyl (C=S) groups is 1. The molecular weight excluding hydrogens is 416 g/mol. The molecule has 1 heterocycles. The summed E-state index contributed by atoms with van der Waals surface area (Å²) in [5.41, 5.74) is 2.32. The topological polar surface area (TPSA) is 61.4 Å². The molecule has 31 heavy (non-hydrogen) atoms. The van der Waals surface area contributed by atoms with Crippen molar-refractivity contribution < 1.29 is 23.7 Å². The summed E-state index contributed by atoms with van der Waals surface area (Å²) >= 11 is 5.70. The highest BCUT2D eigenvalue weighted by Gasteiger charge is 2.31. The maximum Gasteiger partial charge on any atom is 0.169 e. The second-order valence-corrected chi connectivity index (χ2v) is 7.46. The third-order valence-corrected chi connectivity index (χ3v) is 5.69. The third kappa shape index (κ3) is 5.51. The molecule has 0 saturated heterocycles. The number of fused-ring (bicyclic) bond motifs is 1. The normalized spacial score (nSPS) is 15.1. The second kappa shape index (κ2) is 11.1. The van der Waals surface area contributed by atoms with E-state index in [1.54, 1.807) is 28.4 Å². The molecule has 8 heteroatoms. The van der Waals surface area contributed by atoms with Crippen molar-refractivity contribution >= 4 is 17.3 Å². The zero-order chi connectivity index (χ0) is 22.2. The van der Waals surface area contributed by atoms with Crippen LogP contribution in [0.15, 0.2) is 36.4 Å². The molecule has 2 aromatic rings. The minimum Gasteiger partial charge on any atom is -0.497 e. The fourth-order valence-electron chi connectivity index (χ4n) is 3.66. The van der Waals surface area contributed by atoms with Crippen LogP contribution >= 0.6 is 12.2 Å². The van der Waals surface area contributed by atoms with E-state index in [4.69, 9.17) is 35.9 Å². The van der Waals surface area contributed by atoms with Crippen molar-refractivity contribution in [2.75, 3.05) is 54.7 Å². The van der Waals surface area contributed by atoms with Crippen LogP contribution in [0.4, 0.5) is 0 Å². The van der Waals surface area contributed by atoms with Crippen LogP contribution in [0.25, 0.3) is 0 Å². The van der Waals surface area contributed by atoms with E-state index in [0.29, 0.717) is 30.6 Å². The number of ether oxygens (including phenoxy) is 5. The largest absolute Gasteiger partial charge is 0.497 e. The molecular formula is C23H30N2O5S. The predicted molar refractivity (Wildman–Crippen MR) is 124 cm³/mol. The molecule has 0 bridgehead atoms. The van der Waals surface area contributed by atoms with Gasteiger partial charge in [-0.1, -0.05) is 0 Å². The molecule has 1 aliphatic heterocycles. The van der Waals surface area contributed by atoms with Gasteiger partial charge in [-0.05, 0) is 66.2 Å². The Labute approximate surface area is 189 Å². The molecule has 1 N–H and O–H groups in total. The van der Waals surface area contributed by atoms with Gasteiger partial charge >= 0.3 is 0 Å². The van der Waals surface area contributed by atoms with E-state index in [-0.39, 0.29) is 6.04 Å². The predicted octanol–water partition coefficient (Wildman–Crippen LogP) is 3.21. The van der Waals surface area contributed by atoms with Gasteiger partial charge < -0.3 is 33.9 Å². The summed E-state index contributed by atoms with van der Waals surface area (Å²) < 4.78 is 27.6. The molecule has 7 nitrogen and oxygen atoms in total. The van der Waals surface area contributed by atoms with Crippen molar-refractivity contribution in [3.63, 3.8) is 0 Å². The fraction of sp³-hybridized carbons (Fsp3) is 0.435. The number of hydrogen-bond acceptors (Lipinski definition) is 6. The number of benzene rings is 2. The Bertz CT molecular complexity index is 875. The monoisotopic (exact) mass is 446 g/mol. The van der Waals surface area contributed by atoms with Crippen LogP contribution in [0.1, 0.15) is 17.2 Å². The Morgan fingerprint density at radius 2 is 1.68 bits per heavy atom. The molecule has 1 unspecified atom stereocenters. The van der Waals surface area contributed by atoms with Gasteiger partial charge in [0.15, 0.2) is 16.6 Å². The molecule has 1 atom stereocenters. The van der Waals surface area contributed by atoms with Gasteiger partial charge in [0.25, 0.3) is 0 Å². The van der Waals surface area contributed by atoms with Crippen LogP contribution in [0.5, 0.6) is 23.0 Å². The van der Waals surface area contributed by atoms with Gasteiger partial charge in [-0.15, -0.1) is 0 Å². The van der Waals surface area contributed by atoms with Crippen molar-refractivity contribution in [1.29, 1.82) is 0 Å². The van der Waals surface area contributed by atoms with E-state index in [0.717, 1.165) is 35.8 Å². The smallest absolute Gasteiger partial charge is 0.169 e. The number of rotatable bonds is 9. The van der Waals surface area contributed by atoms with Crippen molar-refractivity contribution in [1.82, 2.24) is 10.2 Å². The lowest BCUT2D eigenvalue weighted by molar-refractivity contribution is 0.182. The molecule has 3 rings (SSSR count). The first-order chi connectivity index (χ1) is 15.1. The maximum atomic E-state index is 6.16.